The van der Waals surface area contributed by atoms with Crippen molar-refractivity contribution >= 4 is 29.0 Å². The predicted octanol–water partition coefficient (Wildman–Crippen LogP) is 5.54. The Bertz CT molecular complexity index is 916. The van der Waals surface area contributed by atoms with Crippen LogP contribution in [-0.2, 0) is 4.79 Å². The first kappa shape index (κ1) is 20.2. The minimum absolute atomic E-state index is 0.238. The molecule has 4 nitrogen and oxygen atoms in total. The summed E-state index contributed by atoms with van der Waals surface area (Å²) in [4.78, 5) is 26.6. The third kappa shape index (κ3) is 4.65. The number of ether oxygens (including phenoxy) is 1. The molecule has 1 aliphatic rings. The Balaban J connectivity index is 1.63. The summed E-state index contributed by atoms with van der Waals surface area (Å²) in [5.74, 6) is 0.985. The first-order valence-corrected chi connectivity index (χ1v) is 10.2. The van der Waals surface area contributed by atoms with Gasteiger partial charge in [0.15, 0.2) is 0 Å². The highest BCUT2D eigenvalue weighted by molar-refractivity contribution is 8.18. The van der Waals surface area contributed by atoms with Crippen LogP contribution in [0.5, 0.6) is 5.75 Å². The van der Waals surface area contributed by atoms with Crippen molar-refractivity contribution in [3.8, 4) is 5.75 Å². The predicted molar refractivity (Wildman–Crippen MR) is 115 cm³/mol. The molecule has 5 heteroatoms. The Morgan fingerprint density at radius 1 is 1.07 bits per heavy atom. The molecule has 0 N–H and O–H groups in total. The average molecular weight is 396 g/mol. The molecule has 0 atom stereocenters. The second-order valence-electron chi connectivity index (χ2n) is 7.27. The molecule has 1 heterocycles. The standard InChI is InChI=1S/C23H25NO3S/c1-15(2)19-9-7-18(8-10-19)14-21-22(25)24(23(26)28-21)11-12-27-20-13-16(3)5-6-17(20)4/h5-10,13-15H,11-12H2,1-4H3/b21-14-. The topological polar surface area (TPSA) is 46.6 Å². The van der Waals surface area contributed by atoms with Gasteiger partial charge < -0.3 is 4.74 Å². The Labute approximate surface area is 170 Å². The highest BCUT2D eigenvalue weighted by Crippen LogP contribution is 2.32. The highest BCUT2D eigenvalue weighted by atomic mass is 32.2. The summed E-state index contributed by atoms with van der Waals surface area (Å²) in [6.45, 7) is 8.77. The van der Waals surface area contributed by atoms with E-state index >= 15 is 0 Å². The number of imide groups is 1. The SMILES string of the molecule is Cc1ccc(C)c(OCCN2C(=O)S/C(=C\c3ccc(C(C)C)cc3)C2=O)c1. The maximum absolute atomic E-state index is 12.6. The van der Waals surface area contributed by atoms with E-state index in [1.165, 1.54) is 10.5 Å². The lowest BCUT2D eigenvalue weighted by Gasteiger charge is -2.14. The molecule has 3 rings (SSSR count). The molecule has 1 saturated heterocycles. The molecule has 0 aliphatic carbocycles. The van der Waals surface area contributed by atoms with Crippen LogP contribution in [0, 0.1) is 13.8 Å². The Morgan fingerprint density at radius 2 is 1.79 bits per heavy atom. The molecule has 0 saturated carbocycles. The highest BCUT2D eigenvalue weighted by Gasteiger charge is 2.34. The number of nitrogens with zero attached hydrogens (tertiary/aromatic N) is 1. The molecule has 28 heavy (non-hydrogen) atoms. The van der Waals surface area contributed by atoms with Gasteiger partial charge in [-0.3, -0.25) is 14.5 Å². The summed E-state index contributed by atoms with van der Waals surface area (Å²) >= 11 is 0.982. The van der Waals surface area contributed by atoms with Gasteiger partial charge in [0.1, 0.15) is 12.4 Å². The van der Waals surface area contributed by atoms with Crippen LogP contribution in [-0.4, -0.2) is 29.2 Å². The quantitative estimate of drug-likeness (QED) is 0.602. The fourth-order valence-electron chi connectivity index (χ4n) is 2.93. The molecular weight excluding hydrogens is 370 g/mol. The third-order valence-corrected chi connectivity index (χ3v) is 5.60. The van der Waals surface area contributed by atoms with Gasteiger partial charge in [-0.2, -0.15) is 0 Å². The number of carbonyl (C=O) groups is 2. The van der Waals surface area contributed by atoms with Gasteiger partial charge in [0.2, 0.25) is 0 Å². The molecule has 0 spiro atoms. The van der Waals surface area contributed by atoms with Crippen molar-refractivity contribution < 1.29 is 14.3 Å². The van der Waals surface area contributed by atoms with Crippen molar-refractivity contribution in [3.63, 3.8) is 0 Å². The second-order valence-corrected chi connectivity index (χ2v) is 8.27. The summed E-state index contributed by atoms with van der Waals surface area (Å²) in [5.41, 5.74) is 4.30. The maximum Gasteiger partial charge on any atom is 0.293 e. The summed E-state index contributed by atoms with van der Waals surface area (Å²) in [6.07, 6.45) is 1.78. The second kappa shape index (κ2) is 8.65. The number of aryl methyl sites for hydroxylation is 2. The molecular formula is C23H25NO3S. The number of hydrogen-bond acceptors (Lipinski definition) is 4. The molecule has 0 radical (unpaired) electrons. The molecule has 0 aromatic heterocycles. The molecule has 2 aromatic rings. The van der Waals surface area contributed by atoms with Crippen LogP contribution in [0.2, 0.25) is 0 Å². The Kier molecular flexibility index (Phi) is 6.25. The van der Waals surface area contributed by atoms with Crippen LogP contribution in [0.15, 0.2) is 47.4 Å². The van der Waals surface area contributed by atoms with Gasteiger partial charge in [0.05, 0.1) is 11.4 Å². The van der Waals surface area contributed by atoms with Gasteiger partial charge >= 0.3 is 0 Å². The monoisotopic (exact) mass is 395 g/mol. The summed E-state index contributed by atoms with van der Waals surface area (Å²) in [5, 5.41) is -0.250. The van der Waals surface area contributed by atoms with E-state index in [0.717, 1.165) is 34.2 Å². The number of benzene rings is 2. The van der Waals surface area contributed by atoms with Gasteiger partial charge in [-0.05, 0) is 65.9 Å². The third-order valence-electron chi connectivity index (χ3n) is 4.69. The molecule has 2 aromatic carbocycles. The zero-order valence-electron chi connectivity index (χ0n) is 16.7. The van der Waals surface area contributed by atoms with Crippen molar-refractivity contribution in [2.45, 2.75) is 33.6 Å². The molecule has 0 unspecified atom stereocenters. The first-order valence-electron chi connectivity index (χ1n) is 9.40. The van der Waals surface area contributed by atoms with Gasteiger partial charge in [-0.15, -0.1) is 0 Å². The first-order chi connectivity index (χ1) is 13.3. The van der Waals surface area contributed by atoms with Crippen LogP contribution >= 0.6 is 11.8 Å². The van der Waals surface area contributed by atoms with Crippen molar-refractivity contribution in [1.82, 2.24) is 4.90 Å². The lowest BCUT2D eigenvalue weighted by Crippen LogP contribution is -2.32. The summed E-state index contributed by atoms with van der Waals surface area (Å²) < 4.78 is 5.79. The lowest BCUT2D eigenvalue weighted by atomic mass is 10.0. The van der Waals surface area contributed by atoms with Gasteiger partial charge in [-0.25, -0.2) is 0 Å². The normalized spacial score (nSPS) is 15.8. The minimum Gasteiger partial charge on any atom is -0.491 e. The lowest BCUT2D eigenvalue weighted by molar-refractivity contribution is -0.123. The number of thioether (sulfide) groups is 1. The van der Waals surface area contributed by atoms with Crippen molar-refractivity contribution in [2.75, 3.05) is 13.2 Å². The molecule has 1 fully saturated rings. The van der Waals surface area contributed by atoms with E-state index in [9.17, 15) is 9.59 Å². The van der Waals surface area contributed by atoms with Crippen LogP contribution < -0.4 is 4.74 Å². The molecule has 2 amide bonds. The van der Waals surface area contributed by atoms with Crippen LogP contribution in [0.25, 0.3) is 6.08 Å². The van der Waals surface area contributed by atoms with E-state index in [1.54, 1.807) is 6.08 Å². The summed E-state index contributed by atoms with van der Waals surface area (Å²) in [7, 11) is 0. The fraction of sp³-hybridized carbons (Fsp3) is 0.304. The van der Waals surface area contributed by atoms with Gasteiger partial charge in [0.25, 0.3) is 11.1 Å². The van der Waals surface area contributed by atoms with Gasteiger partial charge in [-0.1, -0.05) is 50.2 Å². The van der Waals surface area contributed by atoms with Crippen molar-refractivity contribution in [3.05, 3.63) is 69.6 Å². The zero-order valence-corrected chi connectivity index (χ0v) is 17.5. The van der Waals surface area contributed by atoms with E-state index in [-0.39, 0.29) is 24.3 Å². The minimum atomic E-state index is -0.257. The van der Waals surface area contributed by atoms with Crippen LogP contribution in [0.1, 0.15) is 42.0 Å². The average Bonchev–Trinajstić information content (AvgIpc) is 2.92. The van der Waals surface area contributed by atoms with E-state index in [2.05, 4.69) is 26.0 Å². The van der Waals surface area contributed by atoms with Gasteiger partial charge in [0, 0.05) is 0 Å². The maximum atomic E-state index is 12.6. The van der Waals surface area contributed by atoms with E-state index in [4.69, 9.17) is 4.74 Å². The molecule has 0 bridgehead atoms. The smallest absolute Gasteiger partial charge is 0.293 e. The largest absolute Gasteiger partial charge is 0.491 e. The Morgan fingerprint density at radius 3 is 2.46 bits per heavy atom. The molecule has 1 aliphatic heterocycles. The fourth-order valence-corrected chi connectivity index (χ4v) is 3.80. The van der Waals surface area contributed by atoms with Crippen molar-refractivity contribution in [1.29, 1.82) is 0 Å². The van der Waals surface area contributed by atoms with Crippen molar-refractivity contribution in [2.24, 2.45) is 0 Å². The zero-order chi connectivity index (χ0) is 20.3. The number of amides is 2. The van der Waals surface area contributed by atoms with E-state index < -0.39 is 0 Å². The van der Waals surface area contributed by atoms with Crippen LogP contribution in [0.3, 0.4) is 0 Å². The number of hydrogen-bond donors (Lipinski definition) is 0. The number of rotatable bonds is 6. The Hall–Kier alpha value is -2.53. The van der Waals surface area contributed by atoms with E-state index in [0.29, 0.717) is 10.8 Å². The number of carbonyl (C=O) groups excluding carboxylic acids is 2. The summed E-state index contributed by atoms with van der Waals surface area (Å²) in [6, 6.07) is 14.1. The van der Waals surface area contributed by atoms with Crippen LogP contribution in [0.4, 0.5) is 4.79 Å². The molecule has 146 valence electrons. The van der Waals surface area contributed by atoms with E-state index in [1.807, 2.05) is 44.2 Å².